The number of hydrogen-bond donors (Lipinski definition) is 0. The molecule has 2 rings (SSSR count). The molecule has 0 aliphatic carbocycles. The molecule has 90 valence electrons. The third-order valence-corrected chi connectivity index (χ3v) is 2.55. The summed E-state index contributed by atoms with van der Waals surface area (Å²) in [5.74, 6) is -0.0596. The van der Waals surface area contributed by atoms with Crippen LogP contribution in [0, 0.1) is 0 Å². The molecule has 6 nitrogen and oxygen atoms in total. The average molecular weight is 233 g/mol. The first-order chi connectivity index (χ1) is 8.08. The molecule has 0 atom stereocenters. The van der Waals surface area contributed by atoms with Crippen molar-refractivity contribution in [3.63, 3.8) is 0 Å². The Morgan fingerprint density at radius 2 is 2.18 bits per heavy atom. The number of carbonyl (C=O) groups is 1. The molecule has 0 bridgehead atoms. The molecule has 0 aromatic carbocycles. The molecule has 2 aromatic heterocycles. The van der Waals surface area contributed by atoms with Gasteiger partial charge in [0.2, 0.25) is 0 Å². The zero-order valence-electron chi connectivity index (χ0n) is 10.2. The summed E-state index contributed by atoms with van der Waals surface area (Å²) in [4.78, 5) is 13.7. The lowest BCUT2D eigenvalue weighted by molar-refractivity contribution is 0.0772. The van der Waals surface area contributed by atoms with Crippen LogP contribution in [0.15, 0.2) is 24.5 Å². The van der Waals surface area contributed by atoms with Crippen LogP contribution in [0.2, 0.25) is 0 Å². The van der Waals surface area contributed by atoms with Gasteiger partial charge < -0.3 is 4.90 Å². The molecule has 0 aliphatic rings. The van der Waals surface area contributed by atoms with Crippen LogP contribution < -0.4 is 0 Å². The van der Waals surface area contributed by atoms with Gasteiger partial charge in [0, 0.05) is 33.5 Å². The zero-order valence-corrected chi connectivity index (χ0v) is 10.2. The number of aromatic nitrogens is 4. The first kappa shape index (κ1) is 11.4. The molecule has 0 N–H and O–H groups in total. The number of hydrogen-bond acceptors (Lipinski definition) is 3. The predicted octanol–water partition coefficient (Wildman–Crippen LogP) is 0.426. The highest BCUT2D eigenvalue weighted by Crippen LogP contribution is 2.05. The van der Waals surface area contributed by atoms with Gasteiger partial charge in [0.05, 0.1) is 12.2 Å². The molecule has 0 saturated heterocycles. The zero-order chi connectivity index (χ0) is 12.4. The fourth-order valence-electron chi connectivity index (χ4n) is 1.64. The SMILES string of the molecule is CN(Cc1ccn(C)n1)C(=O)c1ccnn1C. The summed E-state index contributed by atoms with van der Waals surface area (Å²) in [6.07, 6.45) is 3.47. The molecule has 6 heteroatoms. The van der Waals surface area contributed by atoms with Crippen LogP contribution in [0.4, 0.5) is 0 Å². The summed E-state index contributed by atoms with van der Waals surface area (Å²) in [5.41, 5.74) is 1.44. The number of amides is 1. The standard InChI is InChI=1S/C11H15N5O/c1-14(8-9-5-7-15(2)13-9)11(17)10-4-6-12-16(10)3/h4-7H,8H2,1-3H3. The minimum atomic E-state index is -0.0596. The lowest BCUT2D eigenvalue weighted by Gasteiger charge is -2.15. The first-order valence-electron chi connectivity index (χ1n) is 5.30. The number of aryl methyl sites for hydroxylation is 2. The van der Waals surface area contributed by atoms with E-state index in [1.165, 1.54) is 0 Å². The van der Waals surface area contributed by atoms with Gasteiger partial charge in [-0.2, -0.15) is 10.2 Å². The van der Waals surface area contributed by atoms with Crippen molar-refractivity contribution in [2.24, 2.45) is 14.1 Å². The summed E-state index contributed by atoms with van der Waals surface area (Å²) in [6, 6.07) is 3.60. The van der Waals surface area contributed by atoms with E-state index in [2.05, 4.69) is 10.2 Å². The quantitative estimate of drug-likeness (QED) is 0.772. The van der Waals surface area contributed by atoms with Gasteiger partial charge in [-0.25, -0.2) is 0 Å². The average Bonchev–Trinajstić information content (AvgIpc) is 2.86. The molecule has 2 aromatic rings. The summed E-state index contributed by atoms with van der Waals surface area (Å²) < 4.78 is 3.29. The van der Waals surface area contributed by atoms with Crippen LogP contribution in [0.25, 0.3) is 0 Å². The van der Waals surface area contributed by atoms with E-state index in [1.54, 1.807) is 40.6 Å². The third kappa shape index (κ3) is 2.35. The van der Waals surface area contributed by atoms with Crippen LogP contribution in [-0.2, 0) is 20.6 Å². The van der Waals surface area contributed by atoms with E-state index in [9.17, 15) is 4.79 Å². The van der Waals surface area contributed by atoms with Gasteiger partial charge in [0.1, 0.15) is 5.69 Å². The predicted molar refractivity (Wildman–Crippen MR) is 62.2 cm³/mol. The highest BCUT2D eigenvalue weighted by Gasteiger charge is 2.15. The molecule has 0 unspecified atom stereocenters. The Kier molecular flexibility index (Phi) is 2.95. The van der Waals surface area contributed by atoms with Crippen molar-refractivity contribution in [2.75, 3.05) is 7.05 Å². The minimum absolute atomic E-state index is 0.0596. The Morgan fingerprint density at radius 3 is 2.71 bits per heavy atom. The van der Waals surface area contributed by atoms with Crippen LogP contribution in [0.5, 0.6) is 0 Å². The third-order valence-electron chi connectivity index (χ3n) is 2.55. The Hall–Kier alpha value is -2.11. The van der Waals surface area contributed by atoms with Gasteiger partial charge in [-0.05, 0) is 12.1 Å². The van der Waals surface area contributed by atoms with Gasteiger partial charge in [0.15, 0.2) is 0 Å². The van der Waals surface area contributed by atoms with Crippen LogP contribution in [-0.4, -0.2) is 37.4 Å². The van der Waals surface area contributed by atoms with Gasteiger partial charge in [-0.1, -0.05) is 0 Å². The van der Waals surface area contributed by atoms with Crippen molar-refractivity contribution in [2.45, 2.75) is 6.54 Å². The molecule has 0 radical (unpaired) electrons. The maximum atomic E-state index is 12.1. The van der Waals surface area contributed by atoms with Crippen LogP contribution in [0.1, 0.15) is 16.2 Å². The van der Waals surface area contributed by atoms with Crippen molar-refractivity contribution < 1.29 is 4.79 Å². The largest absolute Gasteiger partial charge is 0.334 e. The van der Waals surface area contributed by atoms with E-state index in [-0.39, 0.29) is 5.91 Å². The fraction of sp³-hybridized carbons (Fsp3) is 0.364. The molecule has 0 spiro atoms. The summed E-state index contributed by atoms with van der Waals surface area (Å²) in [5, 5.41) is 8.22. The Morgan fingerprint density at radius 1 is 1.41 bits per heavy atom. The van der Waals surface area contributed by atoms with Crippen LogP contribution in [0.3, 0.4) is 0 Å². The number of carbonyl (C=O) groups excluding carboxylic acids is 1. The number of nitrogens with zero attached hydrogens (tertiary/aromatic N) is 5. The van der Waals surface area contributed by atoms with Crippen molar-refractivity contribution in [1.29, 1.82) is 0 Å². The molecule has 0 aliphatic heterocycles. The van der Waals surface area contributed by atoms with Crippen molar-refractivity contribution >= 4 is 5.91 Å². The van der Waals surface area contributed by atoms with Gasteiger partial charge in [0.25, 0.3) is 5.91 Å². The van der Waals surface area contributed by atoms with Crippen molar-refractivity contribution in [3.8, 4) is 0 Å². The van der Waals surface area contributed by atoms with Crippen LogP contribution >= 0.6 is 0 Å². The summed E-state index contributed by atoms with van der Waals surface area (Å²) >= 11 is 0. The molecule has 0 fully saturated rings. The maximum absolute atomic E-state index is 12.1. The normalized spacial score (nSPS) is 10.5. The van der Waals surface area contributed by atoms with E-state index < -0.39 is 0 Å². The van der Waals surface area contributed by atoms with E-state index in [0.29, 0.717) is 12.2 Å². The van der Waals surface area contributed by atoms with Crippen molar-refractivity contribution in [3.05, 3.63) is 35.9 Å². The lowest BCUT2D eigenvalue weighted by atomic mass is 10.3. The van der Waals surface area contributed by atoms with Gasteiger partial charge in [-0.3, -0.25) is 14.2 Å². The highest BCUT2D eigenvalue weighted by molar-refractivity contribution is 5.92. The smallest absolute Gasteiger partial charge is 0.272 e. The summed E-state index contributed by atoms with van der Waals surface area (Å²) in [6.45, 7) is 0.491. The minimum Gasteiger partial charge on any atom is -0.334 e. The Bertz CT molecular complexity index is 527. The summed E-state index contributed by atoms with van der Waals surface area (Å²) in [7, 11) is 5.36. The van der Waals surface area contributed by atoms with Gasteiger partial charge >= 0.3 is 0 Å². The van der Waals surface area contributed by atoms with Gasteiger partial charge in [-0.15, -0.1) is 0 Å². The maximum Gasteiger partial charge on any atom is 0.272 e. The highest BCUT2D eigenvalue weighted by atomic mass is 16.2. The second kappa shape index (κ2) is 4.40. The lowest BCUT2D eigenvalue weighted by Crippen LogP contribution is -2.28. The number of rotatable bonds is 3. The van der Waals surface area contributed by atoms with E-state index in [1.807, 2.05) is 19.3 Å². The van der Waals surface area contributed by atoms with Crippen molar-refractivity contribution in [1.82, 2.24) is 24.5 Å². The first-order valence-corrected chi connectivity index (χ1v) is 5.30. The van der Waals surface area contributed by atoms with E-state index in [0.717, 1.165) is 5.69 Å². The molecule has 1 amide bonds. The molecule has 0 saturated carbocycles. The molecule has 17 heavy (non-hydrogen) atoms. The van der Waals surface area contributed by atoms with E-state index in [4.69, 9.17) is 0 Å². The second-order valence-electron chi connectivity index (χ2n) is 3.98. The van der Waals surface area contributed by atoms with E-state index >= 15 is 0 Å². The Balaban J connectivity index is 2.08. The molecule has 2 heterocycles. The molecular formula is C11H15N5O. The molecular weight excluding hydrogens is 218 g/mol. The topological polar surface area (TPSA) is 56.0 Å². The fourth-order valence-corrected chi connectivity index (χ4v) is 1.64. The second-order valence-corrected chi connectivity index (χ2v) is 3.98. The monoisotopic (exact) mass is 233 g/mol. The Labute approximate surface area is 99.4 Å².